The fourth-order valence-electron chi connectivity index (χ4n) is 5.60. The molecule has 0 radical (unpaired) electrons. The van der Waals surface area contributed by atoms with Crippen LogP contribution in [0.3, 0.4) is 0 Å². The first kappa shape index (κ1) is 24.8. The fraction of sp³-hybridized carbons (Fsp3) is 0.200. The molecule has 7 rings (SSSR count). The second kappa shape index (κ2) is 10.1. The number of Topliss-reactive ketones (excluding diaryl/α,β-unsaturated/α-hetero) is 1. The molecule has 1 saturated heterocycles. The minimum Gasteiger partial charge on any atom is -0.382 e. The van der Waals surface area contributed by atoms with Crippen molar-refractivity contribution in [1.29, 1.82) is 0 Å². The van der Waals surface area contributed by atoms with Crippen molar-refractivity contribution >= 4 is 34.0 Å². The molecule has 1 unspecified atom stereocenters. The molecule has 0 saturated carbocycles. The second-order valence-electron chi connectivity index (χ2n) is 10.0. The number of hydrogen-bond acceptors (Lipinski definition) is 8. The van der Waals surface area contributed by atoms with Gasteiger partial charge in [-0.3, -0.25) is 14.7 Å². The highest BCUT2D eigenvalue weighted by Crippen LogP contribution is 2.39. The summed E-state index contributed by atoms with van der Waals surface area (Å²) in [6.07, 6.45) is 2.84. The van der Waals surface area contributed by atoms with Crippen molar-refractivity contribution in [3.8, 4) is 22.9 Å². The fourth-order valence-corrected chi connectivity index (χ4v) is 5.60. The van der Waals surface area contributed by atoms with E-state index in [1.165, 1.54) is 0 Å². The van der Waals surface area contributed by atoms with Crippen LogP contribution in [0.2, 0.25) is 0 Å². The predicted octanol–water partition coefficient (Wildman–Crippen LogP) is 3.65. The molecule has 1 amide bonds. The molecule has 204 valence electrons. The summed E-state index contributed by atoms with van der Waals surface area (Å²) in [4.78, 5) is 43.8. The first-order valence-corrected chi connectivity index (χ1v) is 13.4. The van der Waals surface area contributed by atoms with Gasteiger partial charge in [-0.05, 0) is 11.5 Å². The summed E-state index contributed by atoms with van der Waals surface area (Å²) in [7, 11) is 0. The average Bonchev–Trinajstić information content (AvgIpc) is 3.70. The van der Waals surface area contributed by atoms with Crippen molar-refractivity contribution < 1.29 is 14.0 Å². The Morgan fingerprint density at radius 2 is 1.71 bits per heavy atom. The Morgan fingerprint density at radius 3 is 2.54 bits per heavy atom. The zero-order valence-corrected chi connectivity index (χ0v) is 21.9. The number of halogens is 1. The topological polar surface area (TPSA) is 120 Å². The van der Waals surface area contributed by atoms with E-state index < -0.39 is 23.4 Å². The van der Waals surface area contributed by atoms with Crippen LogP contribution in [0.25, 0.3) is 33.7 Å². The number of rotatable bonds is 5. The normalized spacial score (nSPS) is 16.5. The van der Waals surface area contributed by atoms with Crippen LogP contribution in [-0.4, -0.2) is 74.5 Å². The van der Waals surface area contributed by atoms with E-state index in [9.17, 15) is 9.59 Å². The lowest BCUT2D eigenvalue weighted by Gasteiger charge is -2.35. The number of fused-ring (bicyclic) bond motifs is 2. The highest BCUT2D eigenvalue weighted by molar-refractivity contribution is 6.38. The summed E-state index contributed by atoms with van der Waals surface area (Å²) in [5.74, 6) is -1.20. The van der Waals surface area contributed by atoms with Crippen molar-refractivity contribution in [3.05, 3.63) is 84.4 Å². The Kier molecular flexibility index (Phi) is 6.11. The highest BCUT2D eigenvalue weighted by Gasteiger charge is 2.39. The Balaban J connectivity index is 1.09. The van der Waals surface area contributed by atoms with Crippen molar-refractivity contribution in [2.45, 2.75) is 5.92 Å². The van der Waals surface area contributed by atoms with Gasteiger partial charge >= 0.3 is 0 Å². The number of aromatic nitrogens is 5. The Morgan fingerprint density at radius 1 is 0.927 bits per heavy atom. The number of carbonyl (C=O) groups is 2. The van der Waals surface area contributed by atoms with Gasteiger partial charge in [-0.25, -0.2) is 19.3 Å². The lowest BCUT2D eigenvalue weighted by molar-refractivity contribution is -0.145. The summed E-state index contributed by atoms with van der Waals surface area (Å²) in [5.41, 5.74) is 1.63. The minimum absolute atomic E-state index is 0.0924. The van der Waals surface area contributed by atoms with E-state index in [1.807, 2.05) is 60.7 Å². The first-order chi connectivity index (χ1) is 20.1. The van der Waals surface area contributed by atoms with E-state index in [2.05, 4.69) is 35.4 Å². The molecular weight excluding hydrogens is 523 g/mol. The Labute approximate surface area is 234 Å². The van der Waals surface area contributed by atoms with E-state index in [0.717, 1.165) is 28.4 Å². The zero-order valence-electron chi connectivity index (χ0n) is 21.9. The smallest absolute Gasteiger partial charge is 0.290 e. The van der Waals surface area contributed by atoms with Gasteiger partial charge in [0, 0.05) is 55.4 Å². The molecule has 1 atom stereocenters. The van der Waals surface area contributed by atoms with Crippen molar-refractivity contribution in [2.75, 3.05) is 42.9 Å². The van der Waals surface area contributed by atoms with E-state index in [-0.39, 0.29) is 12.1 Å². The lowest BCUT2D eigenvalue weighted by atomic mass is 9.95. The third-order valence-corrected chi connectivity index (χ3v) is 7.69. The van der Waals surface area contributed by atoms with Crippen LogP contribution in [-0.2, 0) is 9.59 Å². The number of ketones is 1. The van der Waals surface area contributed by atoms with Crippen LogP contribution in [0.1, 0.15) is 11.5 Å². The van der Waals surface area contributed by atoms with Crippen LogP contribution in [0, 0.1) is 5.82 Å². The number of nitrogens with one attached hydrogen (secondary N) is 2. The molecule has 11 heteroatoms. The predicted molar refractivity (Wildman–Crippen MR) is 152 cm³/mol. The summed E-state index contributed by atoms with van der Waals surface area (Å²) in [6.45, 7) is 1.91. The SMILES string of the molecule is O=C(C(=O)N1CCN(c2nccc3ccccc23)CC1)C1CNc2c(-c3nc(-c4ccccc4)n[nH]3)ncc(F)c21. The molecule has 5 aromatic rings. The summed E-state index contributed by atoms with van der Waals surface area (Å²) in [5, 5.41) is 12.4. The van der Waals surface area contributed by atoms with Gasteiger partial charge < -0.3 is 15.1 Å². The van der Waals surface area contributed by atoms with Crippen molar-refractivity contribution in [2.24, 2.45) is 0 Å². The summed E-state index contributed by atoms with van der Waals surface area (Å²) < 4.78 is 15.1. The standard InChI is InChI=1S/C30H25FN8O2/c31-22-17-34-25(28-35-27(36-37-28)19-7-2-1-3-8-19)24-23(22)21(16-33-24)26(40)30(41)39-14-12-38(13-15-39)29-20-9-5-4-6-18(20)10-11-32-29/h1-11,17,21,33H,12-16H2,(H,35,36,37). The molecule has 0 spiro atoms. The van der Waals surface area contributed by atoms with Crippen LogP contribution in [0.15, 0.2) is 73.1 Å². The van der Waals surface area contributed by atoms with Crippen LogP contribution in [0.5, 0.6) is 0 Å². The van der Waals surface area contributed by atoms with Gasteiger partial charge in [0.05, 0.1) is 17.8 Å². The molecule has 10 nitrogen and oxygen atoms in total. The quantitative estimate of drug-likeness (QED) is 0.320. The number of piperazine rings is 1. The molecule has 3 aromatic heterocycles. The van der Waals surface area contributed by atoms with E-state index in [4.69, 9.17) is 0 Å². The first-order valence-electron chi connectivity index (χ1n) is 13.4. The molecule has 0 bridgehead atoms. The number of pyridine rings is 2. The van der Waals surface area contributed by atoms with Crippen molar-refractivity contribution in [1.82, 2.24) is 30.0 Å². The summed E-state index contributed by atoms with van der Waals surface area (Å²) >= 11 is 0. The maximum Gasteiger partial charge on any atom is 0.290 e. The number of benzene rings is 2. The Hall–Kier alpha value is -5.19. The number of aromatic amines is 1. The van der Waals surface area contributed by atoms with Crippen molar-refractivity contribution in [3.63, 3.8) is 0 Å². The van der Waals surface area contributed by atoms with Crippen LogP contribution in [0.4, 0.5) is 15.9 Å². The number of amides is 1. The molecular formula is C30H25FN8O2. The molecule has 41 heavy (non-hydrogen) atoms. The monoisotopic (exact) mass is 548 g/mol. The van der Waals surface area contributed by atoms with Crippen LogP contribution >= 0.6 is 0 Å². The maximum absolute atomic E-state index is 15.1. The minimum atomic E-state index is -0.964. The maximum atomic E-state index is 15.1. The van der Waals surface area contributed by atoms with Gasteiger partial charge in [0.25, 0.3) is 5.91 Å². The molecule has 2 N–H and O–H groups in total. The second-order valence-corrected chi connectivity index (χ2v) is 10.0. The molecule has 2 aromatic carbocycles. The van der Waals surface area contributed by atoms with Gasteiger partial charge in [-0.1, -0.05) is 54.6 Å². The summed E-state index contributed by atoms with van der Waals surface area (Å²) in [6, 6.07) is 19.4. The average molecular weight is 549 g/mol. The number of carbonyl (C=O) groups excluding carboxylic acids is 2. The molecule has 2 aliphatic rings. The molecule has 0 aliphatic carbocycles. The largest absolute Gasteiger partial charge is 0.382 e. The number of nitrogens with zero attached hydrogens (tertiary/aromatic N) is 6. The van der Waals surface area contributed by atoms with E-state index in [0.29, 0.717) is 49.2 Å². The van der Waals surface area contributed by atoms with Crippen LogP contribution < -0.4 is 10.2 Å². The zero-order chi connectivity index (χ0) is 27.9. The number of hydrogen-bond donors (Lipinski definition) is 2. The third-order valence-electron chi connectivity index (χ3n) is 7.69. The van der Waals surface area contributed by atoms with Gasteiger partial charge in [0.1, 0.15) is 17.3 Å². The number of anilines is 2. The third kappa shape index (κ3) is 4.35. The molecule has 1 fully saturated rings. The van der Waals surface area contributed by atoms with E-state index >= 15 is 4.39 Å². The Bertz CT molecular complexity index is 1780. The van der Waals surface area contributed by atoms with Gasteiger partial charge in [-0.15, -0.1) is 0 Å². The molecule has 2 aliphatic heterocycles. The van der Waals surface area contributed by atoms with Gasteiger partial charge in [0.2, 0.25) is 5.78 Å². The molecule has 5 heterocycles. The lowest BCUT2D eigenvalue weighted by Crippen LogP contribution is -2.51. The van der Waals surface area contributed by atoms with Gasteiger partial charge in [-0.2, -0.15) is 5.10 Å². The van der Waals surface area contributed by atoms with Gasteiger partial charge in [0.15, 0.2) is 11.6 Å². The highest BCUT2D eigenvalue weighted by atomic mass is 19.1. The van der Waals surface area contributed by atoms with E-state index in [1.54, 1.807) is 11.1 Å². The number of H-pyrrole nitrogens is 1.